The van der Waals surface area contributed by atoms with Crippen LogP contribution in [0.4, 0.5) is 5.82 Å². The number of benzene rings is 1. The molecule has 0 atom stereocenters. The standard InChI is InChI=1S/C13H14ClN3/c14-8-10-17(13-7-4-9-15-16-13)11-12-5-2-1-3-6-12/h1-7,9H,8,10-11H2. The van der Waals surface area contributed by atoms with Crippen LogP contribution in [0.3, 0.4) is 0 Å². The molecular weight excluding hydrogens is 234 g/mol. The normalized spacial score (nSPS) is 10.2. The SMILES string of the molecule is ClCCN(Cc1ccccc1)c1cccnn1. The fraction of sp³-hybridized carbons (Fsp3) is 0.231. The fourth-order valence-electron chi connectivity index (χ4n) is 1.64. The Bertz CT molecular complexity index is 433. The first-order chi connectivity index (χ1) is 8.40. The van der Waals surface area contributed by atoms with E-state index in [4.69, 9.17) is 11.6 Å². The van der Waals surface area contributed by atoms with E-state index in [9.17, 15) is 0 Å². The van der Waals surface area contributed by atoms with Crippen molar-refractivity contribution in [3.8, 4) is 0 Å². The minimum Gasteiger partial charge on any atom is -0.350 e. The zero-order chi connectivity index (χ0) is 11.9. The minimum absolute atomic E-state index is 0.573. The average Bonchev–Trinajstić information content (AvgIpc) is 2.40. The van der Waals surface area contributed by atoms with Crippen molar-refractivity contribution in [2.75, 3.05) is 17.3 Å². The van der Waals surface area contributed by atoms with Gasteiger partial charge in [0.15, 0.2) is 5.82 Å². The van der Waals surface area contributed by atoms with E-state index < -0.39 is 0 Å². The van der Waals surface area contributed by atoms with Crippen LogP contribution >= 0.6 is 11.6 Å². The van der Waals surface area contributed by atoms with Gasteiger partial charge in [0.1, 0.15) is 0 Å². The molecule has 0 spiro atoms. The van der Waals surface area contributed by atoms with Crippen LogP contribution in [0.15, 0.2) is 48.7 Å². The second kappa shape index (κ2) is 6.21. The van der Waals surface area contributed by atoms with Crippen molar-refractivity contribution < 1.29 is 0 Å². The zero-order valence-corrected chi connectivity index (χ0v) is 10.2. The molecule has 0 bridgehead atoms. The van der Waals surface area contributed by atoms with E-state index in [0.29, 0.717) is 5.88 Å². The molecule has 1 aromatic carbocycles. The summed E-state index contributed by atoms with van der Waals surface area (Å²) in [5, 5.41) is 8.01. The third-order valence-electron chi connectivity index (χ3n) is 2.45. The smallest absolute Gasteiger partial charge is 0.151 e. The van der Waals surface area contributed by atoms with Crippen molar-refractivity contribution in [2.24, 2.45) is 0 Å². The molecule has 3 nitrogen and oxygen atoms in total. The molecule has 0 unspecified atom stereocenters. The molecule has 0 amide bonds. The van der Waals surface area contributed by atoms with Crippen molar-refractivity contribution in [3.63, 3.8) is 0 Å². The molecule has 0 fully saturated rings. The molecule has 4 heteroatoms. The lowest BCUT2D eigenvalue weighted by Crippen LogP contribution is -2.25. The summed E-state index contributed by atoms with van der Waals surface area (Å²) in [6.07, 6.45) is 1.67. The molecule has 1 heterocycles. The Morgan fingerprint density at radius 1 is 1.06 bits per heavy atom. The highest BCUT2D eigenvalue weighted by atomic mass is 35.5. The maximum Gasteiger partial charge on any atom is 0.151 e. The molecule has 1 aromatic heterocycles. The van der Waals surface area contributed by atoms with Crippen LogP contribution in [0.1, 0.15) is 5.56 Å². The first kappa shape index (κ1) is 11.9. The molecule has 0 aliphatic heterocycles. The predicted octanol–water partition coefficient (Wildman–Crippen LogP) is 2.72. The van der Waals surface area contributed by atoms with Crippen LogP contribution in [0.25, 0.3) is 0 Å². The fourth-order valence-corrected chi connectivity index (χ4v) is 1.85. The van der Waals surface area contributed by atoms with Crippen molar-refractivity contribution in [1.29, 1.82) is 0 Å². The summed E-state index contributed by atoms with van der Waals surface area (Å²) in [6, 6.07) is 14.1. The van der Waals surface area contributed by atoms with Gasteiger partial charge >= 0.3 is 0 Å². The van der Waals surface area contributed by atoms with Crippen molar-refractivity contribution >= 4 is 17.4 Å². The second-order valence-corrected chi connectivity index (χ2v) is 4.06. The van der Waals surface area contributed by atoms with Gasteiger partial charge < -0.3 is 4.90 Å². The number of aromatic nitrogens is 2. The van der Waals surface area contributed by atoms with E-state index in [0.717, 1.165) is 18.9 Å². The molecule has 0 aliphatic rings. The van der Waals surface area contributed by atoms with Gasteiger partial charge in [-0.1, -0.05) is 30.3 Å². The Morgan fingerprint density at radius 2 is 1.88 bits per heavy atom. The Hall–Kier alpha value is -1.61. The maximum atomic E-state index is 5.82. The number of nitrogens with zero attached hydrogens (tertiary/aromatic N) is 3. The van der Waals surface area contributed by atoms with Crippen molar-refractivity contribution in [2.45, 2.75) is 6.54 Å². The number of hydrogen-bond acceptors (Lipinski definition) is 3. The highest BCUT2D eigenvalue weighted by molar-refractivity contribution is 6.18. The molecule has 0 saturated carbocycles. The van der Waals surface area contributed by atoms with Crippen LogP contribution < -0.4 is 4.90 Å². The predicted molar refractivity (Wildman–Crippen MR) is 70.2 cm³/mol. The molecule has 2 aromatic rings. The van der Waals surface area contributed by atoms with Crippen LogP contribution in [-0.4, -0.2) is 22.6 Å². The third kappa shape index (κ3) is 3.43. The molecule has 2 rings (SSSR count). The largest absolute Gasteiger partial charge is 0.350 e. The van der Waals surface area contributed by atoms with Gasteiger partial charge in [-0.3, -0.25) is 0 Å². The highest BCUT2D eigenvalue weighted by Gasteiger charge is 2.07. The van der Waals surface area contributed by atoms with Gasteiger partial charge in [0, 0.05) is 25.2 Å². The number of rotatable bonds is 5. The van der Waals surface area contributed by atoms with Gasteiger partial charge in [0.05, 0.1) is 0 Å². The maximum absolute atomic E-state index is 5.82. The van der Waals surface area contributed by atoms with Gasteiger partial charge in [0.25, 0.3) is 0 Å². The van der Waals surface area contributed by atoms with E-state index in [1.165, 1.54) is 5.56 Å². The zero-order valence-electron chi connectivity index (χ0n) is 9.46. The Labute approximate surface area is 106 Å². The first-order valence-electron chi connectivity index (χ1n) is 5.52. The third-order valence-corrected chi connectivity index (χ3v) is 2.62. The molecule has 0 N–H and O–H groups in total. The number of halogens is 1. The lowest BCUT2D eigenvalue weighted by Gasteiger charge is -2.22. The Balaban J connectivity index is 2.13. The second-order valence-electron chi connectivity index (χ2n) is 3.68. The van der Waals surface area contributed by atoms with Gasteiger partial charge in [-0.05, 0) is 17.7 Å². The van der Waals surface area contributed by atoms with Crippen LogP contribution in [0.2, 0.25) is 0 Å². The summed E-state index contributed by atoms with van der Waals surface area (Å²) in [5.74, 6) is 1.43. The van der Waals surface area contributed by atoms with Crippen LogP contribution in [0, 0.1) is 0 Å². The molecular formula is C13H14ClN3. The lowest BCUT2D eigenvalue weighted by atomic mass is 10.2. The van der Waals surface area contributed by atoms with Crippen molar-refractivity contribution in [1.82, 2.24) is 10.2 Å². The van der Waals surface area contributed by atoms with E-state index in [1.807, 2.05) is 30.3 Å². The summed E-state index contributed by atoms with van der Waals surface area (Å²) < 4.78 is 0. The summed E-state index contributed by atoms with van der Waals surface area (Å²) >= 11 is 5.82. The molecule has 0 radical (unpaired) electrons. The van der Waals surface area contributed by atoms with Crippen molar-refractivity contribution in [3.05, 3.63) is 54.2 Å². The van der Waals surface area contributed by atoms with E-state index in [2.05, 4.69) is 27.2 Å². The van der Waals surface area contributed by atoms with Gasteiger partial charge in [0.2, 0.25) is 0 Å². The minimum atomic E-state index is 0.573. The molecule has 0 saturated heterocycles. The van der Waals surface area contributed by atoms with Gasteiger partial charge in [-0.2, -0.15) is 5.10 Å². The summed E-state index contributed by atoms with van der Waals surface area (Å²) in [6.45, 7) is 1.56. The number of hydrogen-bond donors (Lipinski definition) is 0. The monoisotopic (exact) mass is 247 g/mol. The van der Waals surface area contributed by atoms with E-state index in [-0.39, 0.29) is 0 Å². The number of alkyl halides is 1. The topological polar surface area (TPSA) is 29.0 Å². The molecule has 0 aliphatic carbocycles. The average molecular weight is 248 g/mol. The van der Waals surface area contributed by atoms with Gasteiger partial charge in [-0.15, -0.1) is 16.7 Å². The van der Waals surface area contributed by atoms with E-state index in [1.54, 1.807) is 6.20 Å². The molecule has 88 valence electrons. The Kier molecular flexibility index (Phi) is 4.33. The summed E-state index contributed by atoms with van der Waals surface area (Å²) in [5.41, 5.74) is 1.24. The summed E-state index contributed by atoms with van der Waals surface area (Å²) in [4.78, 5) is 2.12. The van der Waals surface area contributed by atoms with E-state index >= 15 is 0 Å². The lowest BCUT2D eigenvalue weighted by molar-refractivity contribution is 0.799. The summed E-state index contributed by atoms with van der Waals surface area (Å²) in [7, 11) is 0. The Morgan fingerprint density at radius 3 is 2.53 bits per heavy atom. The van der Waals surface area contributed by atoms with Crippen LogP contribution in [-0.2, 0) is 6.54 Å². The van der Waals surface area contributed by atoms with Gasteiger partial charge in [-0.25, -0.2) is 0 Å². The molecule has 17 heavy (non-hydrogen) atoms. The number of anilines is 1. The first-order valence-corrected chi connectivity index (χ1v) is 6.06. The quantitative estimate of drug-likeness (QED) is 0.761. The highest BCUT2D eigenvalue weighted by Crippen LogP contribution is 2.12. The van der Waals surface area contributed by atoms with Crippen LogP contribution in [0.5, 0.6) is 0 Å².